The summed E-state index contributed by atoms with van der Waals surface area (Å²) in [6, 6.07) is 0. The molecule has 0 spiro atoms. The van der Waals surface area contributed by atoms with Crippen molar-refractivity contribution in [2.45, 2.75) is 19.8 Å². The molecule has 0 unspecified atom stereocenters. The van der Waals surface area contributed by atoms with Gasteiger partial charge in [-0.15, -0.1) is 11.3 Å². The molecule has 1 aromatic rings. The van der Waals surface area contributed by atoms with Crippen LogP contribution in [-0.4, -0.2) is 31.3 Å². The predicted molar refractivity (Wildman–Crippen MR) is 58.0 cm³/mol. The van der Waals surface area contributed by atoms with Crippen LogP contribution in [0.3, 0.4) is 0 Å². The maximum atomic E-state index is 11.0. The van der Waals surface area contributed by atoms with Gasteiger partial charge in [-0.2, -0.15) is 0 Å². The summed E-state index contributed by atoms with van der Waals surface area (Å²) < 4.78 is 9.79. The number of hydrogen-bond donors (Lipinski definition) is 0. The van der Waals surface area contributed by atoms with Gasteiger partial charge in [0, 0.05) is 18.4 Å². The quantitative estimate of drug-likeness (QED) is 0.547. The Morgan fingerprint density at radius 3 is 3.07 bits per heavy atom. The number of carbonyl (C=O) groups excluding carboxylic acids is 1. The van der Waals surface area contributed by atoms with Crippen LogP contribution in [0.25, 0.3) is 0 Å². The van der Waals surface area contributed by atoms with Crippen molar-refractivity contribution < 1.29 is 14.3 Å². The minimum Gasteiger partial charge on any atom is -0.469 e. The highest BCUT2D eigenvalue weighted by Crippen LogP contribution is 2.11. The molecule has 0 fully saturated rings. The molecule has 84 valence electrons. The highest BCUT2D eigenvalue weighted by molar-refractivity contribution is 7.09. The lowest BCUT2D eigenvalue weighted by atomic mass is 10.3. The van der Waals surface area contributed by atoms with Crippen molar-refractivity contribution in [2.24, 2.45) is 0 Å². The number of rotatable bonds is 6. The molecule has 15 heavy (non-hydrogen) atoms. The van der Waals surface area contributed by atoms with Gasteiger partial charge in [0.2, 0.25) is 0 Å². The molecule has 0 amide bonds. The molecule has 0 saturated carbocycles. The van der Waals surface area contributed by atoms with Crippen molar-refractivity contribution >= 4 is 17.3 Å². The zero-order valence-electron chi connectivity index (χ0n) is 8.99. The number of ether oxygens (including phenoxy) is 2. The Bertz CT molecular complexity index is 311. The van der Waals surface area contributed by atoms with Crippen LogP contribution < -0.4 is 0 Å². The molecule has 0 bridgehead atoms. The van der Waals surface area contributed by atoms with E-state index in [1.54, 1.807) is 11.3 Å². The number of methoxy groups -OCH3 is 1. The first-order valence-corrected chi connectivity index (χ1v) is 5.72. The summed E-state index contributed by atoms with van der Waals surface area (Å²) >= 11 is 1.55. The Morgan fingerprint density at radius 2 is 2.40 bits per heavy atom. The summed E-state index contributed by atoms with van der Waals surface area (Å²) in [5.41, 5.74) is 0.776. The second kappa shape index (κ2) is 6.53. The fourth-order valence-electron chi connectivity index (χ4n) is 1.07. The smallest absolute Gasteiger partial charge is 0.311 e. The maximum Gasteiger partial charge on any atom is 0.311 e. The predicted octanol–water partition coefficient (Wildman–Crippen LogP) is 1.44. The van der Waals surface area contributed by atoms with E-state index in [0.29, 0.717) is 6.61 Å². The molecule has 0 aliphatic carbocycles. The molecule has 0 aliphatic heterocycles. The van der Waals surface area contributed by atoms with Crippen molar-refractivity contribution in [1.82, 2.24) is 4.98 Å². The Hall–Kier alpha value is -0.940. The molecule has 5 heteroatoms. The molecule has 1 rings (SSSR count). The van der Waals surface area contributed by atoms with Gasteiger partial charge in [-0.3, -0.25) is 4.79 Å². The highest BCUT2D eigenvalue weighted by Gasteiger charge is 2.07. The van der Waals surface area contributed by atoms with Crippen molar-refractivity contribution in [3.05, 3.63) is 16.1 Å². The summed E-state index contributed by atoms with van der Waals surface area (Å²) in [6.07, 6.45) is 1.06. The van der Waals surface area contributed by atoms with Crippen molar-refractivity contribution in [3.8, 4) is 0 Å². The molecule has 0 aliphatic rings. The standard InChI is InChI=1S/C10H15NO3S/c1-3-14-5-4-9-11-8(7-15-9)6-10(12)13-2/h7H,3-6H2,1-2H3. The number of thiazole rings is 1. The van der Waals surface area contributed by atoms with Gasteiger partial charge in [0.25, 0.3) is 0 Å². The molecule has 1 heterocycles. The van der Waals surface area contributed by atoms with E-state index >= 15 is 0 Å². The zero-order chi connectivity index (χ0) is 11.1. The van der Waals surface area contributed by atoms with Crippen LogP contribution in [0.5, 0.6) is 0 Å². The molecule has 0 radical (unpaired) electrons. The molecule has 0 saturated heterocycles. The molecular formula is C10H15NO3S. The van der Waals surface area contributed by atoms with Crippen LogP contribution in [-0.2, 0) is 27.1 Å². The molecule has 0 N–H and O–H groups in total. The van der Waals surface area contributed by atoms with E-state index in [-0.39, 0.29) is 12.4 Å². The average molecular weight is 229 g/mol. The van der Waals surface area contributed by atoms with Crippen LogP contribution in [0.15, 0.2) is 5.38 Å². The van der Waals surface area contributed by atoms with Crippen LogP contribution in [0.4, 0.5) is 0 Å². The third-order valence-electron chi connectivity index (χ3n) is 1.82. The first-order chi connectivity index (χ1) is 7.26. The summed E-state index contributed by atoms with van der Waals surface area (Å²) in [4.78, 5) is 15.3. The van der Waals surface area contributed by atoms with Gasteiger partial charge in [0.05, 0.1) is 30.8 Å². The molecular weight excluding hydrogens is 214 g/mol. The number of esters is 1. The van der Waals surface area contributed by atoms with Crippen LogP contribution >= 0.6 is 11.3 Å². The third-order valence-corrected chi connectivity index (χ3v) is 2.77. The highest BCUT2D eigenvalue weighted by atomic mass is 32.1. The van der Waals surface area contributed by atoms with E-state index in [1.807, 2.05) is 12.3 Å². The van der Waals surface area contributed by atoms with Crippen molar-refractivity contribution in [1.29, 1.82) is 0 Å². The number of nitrogens with zero attached hydrogens (tertiary/aromatic N) is 1. The second-order valence-electron chi connectivity index (χ2n) is 2.93. The van der Waals surface area contributed by atoms with Crippen LogP contribution in [0.2, 0.25) is 0 Å². The van der Waals surface area contributed by atoms with Gasteiger partial charge in [-0.1, -0.05) is 0 Å². The summed E-state index contributed by atoms with van der Waals surface area (Å²) in [5, 5.41) is 2.89. The van der Waals surface area contributed by atoms with Gasteiger partial charge in [0.1, 0.15) is 0 Å². The topological polar surface area (TPSA) is 48.4 Å². The largest absolute Gasteiger partial charge is 0.469 e. The molecule has 0 aromatic carbocycles. The lowest BCUT2D eigenvalue weighted by molar-refractivity contribution is -0.139. The minimum atomic E-state index is -0.253. The van der Waals surface area contributed by atoms with Gasteiger partial charge >= 0.3 is 5.97 Å². The third kappa shape index (κ3) is 4.40. The van der Waals surface area contributed by atoms with E-state index in [1.165, 1.54) is 7.11 Å². The van der Waals surface area contributed by atoms with E-state index in [2.05, 4.69) is 9.72 Å². The Kier molecular flexibility index (Phi) is 5.28. The van der Waals surface area contributed by atoms with Gasteiger partial charge < -0.3 is 9.47 Å². The first kappa shape index (κ1) is 12.1. The van der Waals surface area contributed by atoms with E-state index in [9.17, 15) is 4.79 Å². The van der Waals surface area contributed by atoms with E-state index in [4.69, 9.17) is 4.74 Å². The molecule has 1 aromatic heterocycles. The normalized spacial score (nSPS) is 10.3. The monoisotopic (exact) mass is 229 g/mol. The fraction of sp³-hybridized carbons (Fsp3) is 0.600. The van der Waals surface area contributed by atoms with E-state index in [0.717, 1.165) is 23.7 Å². The number of carbonyl (C=O) groups is 1. The van der Waals surface area contributed by atoms with Crippen molar-refractivity contribution in [2.75, 3.05) is 20.3 Å². The average Bonchev–Trinajstić information content (AvgIpc) is 2.66. The number of hydrogen-bond acceptors (Lipinski definition) is 5. The lowest BCUT2D eigenvalue weighted by Crippen LogP contribution is -2.05. The summed E-state index contributed by atoms with van der Waals surface area (Å²) in [6.45, 7) is 3.37. The Labute approximate surface area is 93.2 Å². The Morgan fingerprint density at radius 1 is 1.60 bits per heavy atom. The fourth-order valence-corrected chi connectivity index (χ4v) is 1.85. The van der Waals surface area contributed by atoms with Gasteiger partial charge in [0.15, 0.2) is 0 Å². The van der Waals surface area contributed by atoms with E-state index < -0.39 is 0 Å². The minimum absolute atomic E-state index is 0.252. The maximum absolute atomic E-state index is 11.0. The Balaban J connectivity index is 2.38. The van der Waals surface area contributed by atoms with Crippen molar-refractivity contribution in [3.63, 3.8) is 0 Å². The van der Waals surface area contributed by atoms with Gasteiger partial charge in [-0.05, 0) is 6.92 Å². The summed E-state index contributed by atoms with van der Waals surface area (Å²) in [7, 11) is 1.38. The second-order valence-corrected chi connectivity index (χ2v) is 3.88. The first-order valence-electron chi connectivity index (χ1n) is 4.84. The molecule has 4 nitrogen and oxygen atoms in total. The summed E-state index contributed by atoms with van der Waals surface area (Å²) in [5.74, 6) is -0.253. The van der Waals surface area contributed by atoms with Crippen LogP contribution in [0.1, 0.15) is 17.6 Å². The van der Waals surface area contributed by atoms with Gasteiger partial charge in [-0.25, -0.2) is 4.98 Å². The number of aromatic nitrogens is 1. The lowest BCUT2D eigenvalue weighted by Gasteiger charge is -1.97. The SMILES string of the molecule is CCOCCc1nc(CC(=O)OC)cs1. The molecule has 0 atom stereocenters. The van der Waals surface area contributed by atoms with Crippen LogP contribution in [0, 0.1) is 0 Å². The zero-order valence-corrected chi connectivity index (χ0v) is 9.80.